The zero-order valence-electron chi connectivity index (χ0n) is 5.68. The predicted octanol–water partition coefficient (Wildman–Crippen LogP) is 0.321. The van der Waals surface area contributed by atoms with Gasteiger partial charge in [-0.05, 0) is 6.07 Å². The van der Waals surface area contributed by atoms with Crippen molar-refractivity contribution in [1.29, 1.82) is 0 Å². The molecule has 0 atom stereocenters. The predicted molar refractivity (Wildman–Crippen MR) is 41.3 cm³/mol. The van der Waals surface area contributed by atoms with E-state index in [1.165, 1.54) is 11.1 Å². The Labute approximate surface area is 63.0 Å². The second-order valence-corrected chi connectivity index (χ2v) is 1.97. The molecule has 2 rings (SSSR count). The number of hydrogen-bond donors (Lipinski definition) is 1. The van der Waals surface area contributed by atoms with Gasteiger partial charge in [0.25, 0.3) is 0 Å². The molecule has 0 saturated carbocycles. The number of nitrogens with one attached hydrogen (secondary N) is 1. The number of pyridine rings is 1. The Morgan fingerprint density at radius 3 is 3.09 bits per heavy atom. The van der Waals surface area contributed by atoms with Crippen molar-refractivity contribution in [3.8, 4) is 0 Å². The molecule has 0 unspecified atom stereocenters. The van der Waals surface area contributed by atoms with Crippen LogP contribution in [0.15, 0.2) is 29.5 Å². The molecule has 1 aromatic heterocycles. The maximum Gasteiger partial charge on any atom is 0.199 e. The lowest BCUT2D eigenvalue weighted by Crippen LogP contribution is -2.21. The van der Waals surface area contributed by atoms with Gasteiger partial charge in [0.05, 0.1) is 6.20 Å². The Kier molecular flexibility index (Phi) is 1.33. The lowest BCUT2D eigenvalue weighted by atomic mass is 10.5. The van der Waals surface area contributed by atoms with Crippen molar-refractivity contribution in [1.82, 2.24) is 9.78 Å². The molecule has 11 heavy (non-hydrogen) atoms. The fourth-order valence-corrected chi connectivity index (χ4v) is 0.786. The van der Waals surface area contributed by atoms with E-state index in [9.17, 15) is 0 Å². The molecule has 0 spiro atoms. The summed E-state index contributed by atoms with van der Waals surface area (Å²) >= 11 is 0. The van der Waals surface area contributed by atoms with E-state index in [0.29, 0.717) is 0 Å². The number of rotatable bonds is 0. The van der Waals surface area contributed by atoms with Crippen LogP contribution in [-0.2, 0) is 0 Å². The Morgan fingerprint density at radius 2 is 2.45 bits per heavy atom. The summed E-state index contributed by atoms with van der Waals surface area (Å²) in [7, 11) is 0. The van der Waals surface area contributed by atoms with Crippen molar-refractivity contribution in [2.75, 3.05) is 0 Å². The number of aromatic amines is 1. The van der Waals surface area contributed by atoms with Gasteiger partial charge in [0.15, 0.2) is 5.49 Å². The zero-order chi connectivity index (χ0) is 7.52. The van der Waals surface area contributed by atoms with E-state index in [4.69, 9.17) is 0 Å². The van der Waals surface area contributed by atoms with E-state index in [1.807, 2.05) is 18.2 Å². The van der Waals surface area contributed by atoms with Crippen LogP contribution in [0.3, 0.4) is 0 Å². The fourth-order valence-electron chi connectivity index (χ4n) is 0.786. The van der Waals surface area contributed by atoms with Crippen LogP contribution < -0.4 is 10.3 Å². The molecule has 1 aliphatic heterocycles. The van der Waals surface area contributed by atoms with Gasteiger partial charge in [-0.1, -0.05) is 6.07 Å². The topological polar surface area (TPSA) is 59.4 Å². The van der Waals surface area contributed by atoms with Crippen LogP contribution in [0.5, 0.6) is 0 Å². The molecule has 0 fully saturated rings. The van der Waals surface area contributed by atoms with Crippen LogP contribution in [0.2, 0.25) is 0 Å². The Hall–Kier alpha value is -1.78. The minimum Gasteiger partial charge on any atom is -0.517 e. The molecule has 56 valence electrons. The third kappa shape index (κ3) is 1.07. The average molecular weight is 148 g/mol. The Bertz CT molecular complexity index is 309. The van der Waals surface area contributed by atoms with E-state index in [2.05, 4.69) is 21.0 Å². The molecule has 0 aliphatic carbocycles. The van der Waals surface area contributed by atoms with Gasteiger partial charge >= 0.3 is 0 Å². The zero-order valence-corrected chi connectivity index (χ0v) is 5.68. The van der Waals surface area contributed by atoms with E-state index < -0.39 is 0 Å². The monoisotopic (exact) mass is 148 g/mol. The van der Waals surface area contributed by atoms with Crippen LogP contribution >= 0.6 is 0 Å². The first kappa shape index (κ1) is 5.96. The van der Waals surface area contributed by atoms with E-state index >= 15 is 0 Å². The van der Waals surface area contributed by atoms with Gasteiger partial charge in [-0.15, -0.1) is 0 Å². The minimum absolute atomic E-state index is 0.796. The Morgan fingerprint density at radius 1 is 1.45 bits per heavy atom. The smallest absolute Gasteiger partial charge is 0.199 e. The summed E-state index contributed by atoms with van der Waals surface area (Å²) in [4.78, 5) is 4.39. The first-order valence-electron chi connectivity index (χ1n) is 3.17. The number of H-pyrrole nitrogens is 1. The molecule has 5 heteroatoms. The van der Waals surface area contributed by atoms with Crippen LogP contribution in [0.25, 0.3) is 11.0 Å². The van der Waals surface area contributed by atoms with Crippen LogP contribution in [0.1, 0.15) is 0 Å². The average Bonchev–Trinajstić information content (AvgIpc) is 2.58. The van der Waals surface area contributed by atoms with Crippen molar-refractivity contribution in [2.24, 2.45) is 5.10 Å². The maximum atomic E-state index is 3.85. The highest BCUT2D eigenvalue weighted by molar-refractivity contribution is 5.72. The summed E-state index contributed by atoms with van der Waals surface area (Å²) in [6, 6.07) is 5.65. The van der Waals surface area contributed by atoms with Gasteiger partial charge in [0.1, 0.15) is 0 Å². The van der Waals surface area contributed by atoms with Crippen molar-refractivity contribution < 1.29 is 0 Å². The van der Waals surface area contributed by atoms with Crippen molar-refractivity contribution in [3.63, 3.8) is 0 Å². The molecular formula is C6H6N5-. The highest BCUT2D eigenvalue weighted by Crippen LogP contribution is 1.98. The molecule has 0 bridgehead atoms. The molecule has 2 heterocycles. The Balaban J connectivity index is 2.49. The van der Waals surface area contributed by atoms with Gasteiger partial charge in [0, 0.05) is 12.4 Å². The number of hydrogen-bond acceptors (Lipinski definition) is 1. The summed E-state index contributed by atoms with van der Waals surface area (Å²) in [5, 5.41) is 3.58. The normalized spacial score (nSPS) is 19.3. The minimum atomic E-state index is 0.796. The van der Waals surface area contributed by atoms with Crippen molar-refractivity contribution in [2.45, 2.75) is 0 Å². The van der Waals surface area contributed by atoms with Crippen molar-refractivity contribution in [3.05, 3.63) is 40.8 Å². The van der Waals surface area contributed by atoms with E-state index in [-0.39, 0.29) is 0 Å². The molecule has 1 aromatic rings. The molecular weight excluding hydrogens is 142 g/mol. The molecule has 0 aromatic carbocycles. The third-order valence-electron chi connectivity index (χ3n) is 1.26. The lowest BCUT2D eigenvalue weighted by Gasteiger charge is -2.18. The fraction of sp³-hybridized carbons (Fsp3) is 0. The van der Waals surface area contributed by atoms with Gasteiger partial charge in [-0.2, -0.15) is 0 Å². The quantitative estimate of drug-likeness (QED) is 0.515. The standard InChI is InChI=1S/C6H6N5/c1-2-4-7-6(3-1)11-9-5-8-10-11/h1-5,7H/q-1. The molecule has 1 aliphatic rings. The lowest BCUT2D eigenvalue weighted by molar-refractivity contribution is 0.835. The van der Waals surface area contributed by atoms with Gasteiger partial charge in [-0.25, -0.2) is 5.10 Å². The van der Waals surface area contributed by atoms with Gasteiger partial charge in [-0.3, -0.25) is 4.98 Å². The summed E-state index contributed by atoms with van der Waals surface area (Å²) in [5.41, 5.74) is 8.36. The number of aromatic nitrogens is 1. The summed E-state index contributed by atoms with van der Waals surface area (Å²) in [5.74, 6) is 0. The summed E-state index contributed by atoms with van der Waals surface area (Å²) < 4.78 is 0. The van der Waals surface area contributed by atoms with E-state index in [1.54, 1.807) is 6.20 Å². The molecule has 0 saturated heterocycles. The molecule has 0 radical (unpaired) electrons. The highest BCUT2D eigenvalue weighted by atomic mass is 15.8. The third-order valence-corrected chi connectivity index (χ3v) is 1.26. The summed E-state index contributed by atoms with van der Waals surface area (Å²) in [6.07, 6.45) is 3.19. The second kappa shape index (κ2) is 2.45. The SMILES string of the molecule is C1=N[N-][N+](=c2cccc[nH]2)[N-]1. The molecule has 0 amide bonds. The molecule has 1 N–H and O–H groups in total. The highest BCUT2D eigenvalue weighted by Gasteiger charge is 1.82. The first-order chi connectivity index (χ1) is 5.47. The van der Waals surface area contributed by atoms with E-state index in [0.717, 1.165) is 5.49 Å². The molecule has 5 nitrogen and oxygen atoms in total. The van der Waals surface area contributed by atoms with Crippen LogP contribution in [-0.4, -0.2) is 11.3 Å². The maximum absolute atomic E-state index is 3.85. The van der Waals surface area contributed by atoms with Crippen LogP contribution in [0, 0.1) is 0 Å². The van der Waals surface area contributed by atoms with Gasteiger partial charge in [0.2, 0.25) is 0 Å². The number of nitrogens with zero attached hydrogens (tertiary/aromatic N) is 4. The van der Waals surface area contributed by atoms with Crippen LogP contribution in [0.4, 0.5) is 0 Å². The largest absolute Gasteiger partial charge is 0.517 e. The first-order valence-corrected chi connectivity index (χ1v) is 3.17. The van der Waals surface area contributed by atoms with Gasteiger partial charge < -0.3 is 15.8 Å². The second-order valence-electron chi connectivity index (χ2n) is 1.97. The summed E-state index contributed by atoms with van der Waals surface area (Å²) in [6.45, 7) is 0. The van der Waals surface area contributed by atoms with Crippen molar-refractivity contribution >= 4 is 6.34 Å².